The number of aromatic carboxylic acids is 1. The molecule has 0 saturated carbocycles. The van der Waals surface area contributed by atoms with Crippen molar-refractivity contribution in [2.75, 3.05) is 6.54 Å². The number of allylic oxidation sites excluding steroid dienone is 2. The van der Waals surface area contributed by atoms with Gasteiger partial charge in [0.1, 0.15) is 0 Å². The van der Waals surface area contributed by atoms with Crippen molar-refractivity contribution in [1.82, 2.24) is 5.32 Å². The van der Waals surface area contributed by atoms with Crippen LogP contribution in [0.2, 0.25) is 0 Å². The van der Waals surface area contributed by atoms with E-state index in [2.05, 4.69) is 17.5 Å². The predicted octanol–water partition coefficient (Wildman–Crippen LogP) is 2.78. The third kappa shape index (κ3) is 3.70. The Hall–Kier alpha value is -2.10. The van der Waals surface area contributed by atoms with E-state index in [1.165, 1.54) is 6.07 Å². The highest BCUT2D eigenvalue weighted by molar-refractivity contribution is 5.97. The molecule has 106 valence electrons. The van der Waals surface area contributed by atoms with Gasteiger partial charge in [0.2, 0.25) is 0 Å². The standard InChI is InChI=1S/C16H19NO3/c1-11-7-13(9-14(8-11)16(19)20)15(18)17-10-12-5-3-2-4-6-12/h2-3,7-9,12H,4-6,10H2,1H3,(H,17,18)(H,19,20). The molecule has 2 rings (SSSR count). The van der Waals surface area contributed by atoms with Gasteiger partial charge in [0, 0.05) is 12.1 Å². The zero-order valence-corrected chi connectivity index (χ0v) is 11.6. The van der Waals surface area contributed by atoms with Crippen LogP contribution in [0.3, 0.4) is 0 Å². The second-order valence-corrected chi connectivity index (χ2v) is 5.25. The van der Waals surface area contributed by atoms with Crippen LogP contribution >= 0.6 is 0 Å². The van der Waals surface area contributed by atoms with E-state index in [1.807, 2.05) is 0 Å². The normalized spacial score (nSPS) is 17.8. The van der Waals surface area contributed by atoms with E-state index in [0.29, 0.717) is 18.0 Å². The van der Waals surface area contributed by atoms with E-state index in [9.17, 15) is 9.59 Å². The summed E-state index contributed by atoms with van der Waals surface area (Å²) in [5.41, 5.74) is 1.33. The summed E-state index contributed by atoms with van der Waals surface area (Å²) < 4.78 is 0. The van der Waals surface area contributed by atoms with E-state index < -0.39 is 5.97 Å². The third-order valence-corrected chi connectivity index (χ3v) is 3.52. The molecule has 20 heavy (non-hydrogen) atoms. The Morgan fingerprint density at radius 2 is 2.00 bits per heavy atom. The zero-order valence-electron chi connectivity index (χ0n) is 11.6. The van der Waals surface area contributed by atoms with Crippen molar-refractivity contribution in [1.29, 1.82) is 0 Å². The van der Waals surface area contributed by atoms with Gasteiger partial charge in [-0.15, -0.1) is 0 Å². The first-order valence-corrected chi connectivity index (χ1v) is 6.84. The fourth-order valence-electron chi connectivity index (χ4n) is 2.42. The second kappa shape index (κ2) is 6.37. The minimum atomic E-state index is -1.01. The Bertz CT molecular complexity index is 549. The Kier molecular flexibility index (Phi) is 4.56. The van der Waals surface area contributed by atoms with E-state index in [1.54, 1.807) is 19.1 Å². The third-order valence-electron chi connectivity index (χ3n) is 3.52. The van der Waals surface area contributed by atoms with Gasteiger partial charge in [-0.05, 0) is 55.9 Å². The molecule has 0 aromatic heterocycles. The average molecular weight is 273 g/mol. The molecule has 1 atom stereocenters. The minimum Gasteiger partial charge on any atom is -0.478 e. The van der Waals surface area contributed by atoms with Crippen LogP contribution in [0, 0.1) is 12.8 Å². The fraction of sp³-hybridized carbons (Fsp3) is 0.375. The summed E-state index contributed by atoms with van der Waals surface area (Å²) in [4.78, 5) is 23.1. The molecule has 2 N–H and O–H groups in total. The van der Waals surface area contributed by atoms with Crippen LogP contribution in [0.15, 0.2) is 30.4 Å². The molecule has 4 heteroatoms. The number of hydrogen-bond donors (Lipinski definition) is 2. The maximum absolute atomic E-state index is 12.1. The number of aryl methyl sites for hydroxylation is 1. The first-order valence-electron chi connectivity index (χ1n) is 6.84. The highest BCUT2D eigenvalue weighted by atomic mass is 16.4. The molecular weight excluding hydrogens is 254 g/mol. The molecule has 0 aliphatic heterocycles. The van der Waals surface area contributed by atoms with Crippen molar-refractivity contribution in [3.63, 3.8) is 0 Å². The Morgan fingerprint density at radius 3 is 2.65 bits per heavy atom. The lowest BCUT2D eigenvalue weighted by Gasteiger charge is -2.18. The number of carbonyl (C=O) groups excluding carboxylic acids is 1. The van der Waals surface area contributed by atoms with E-state index in [0.717, 1.165) is 24.8 Å². The zero-order chi connectivity index (χ0) is 14.5. The van der Waals surface area contributed by atoms with Crippen LogP contribution in [0.25, 0.3) is 0 Å². The molecule has 1 aliphatic rings. The molecule has 0 fully saturated rings. The van der Waals surface area contributed by atoms with Gasteiger partial charge < -0.3 is 10.4 Å². The van der Waals surface area contributed by atoms with Crippen molar-refractivity contribution >= 4 is 11.9 Å². The van der Waals surface area contributed by atoms with E-state index in [4.69, 9.17) is 5.11 Å². The summed E-state index contributed by atoms with van der Waals surface area (Å²) in [7, 11) is 0. The summed E-state index contributed by atoms with van der Waals surface area (Å²) in [5.74, 6) is -0.737. The minimum absolute atomic E-state index is 0.149. The number of nitrogens with one attached hydrogen (secondary N) is 1. The largest absolute Gasteiger partial charge is 0.478 e. The van der Waals surface area contributed by atoms with Crippen LogP contribution in [0.5, 0.6) is 0 Å². The summed E-state index contributed by atoms with van der Waals surface area (Å²) in [6, 6.07) is 4.69. The molecule has 1 aromatic rings. The van der Waals surface area contributed by atoms with Gasteiger partial charge in [0.05, 0.1) is 5.56 Å². The molecule has 0 spiro atoms. The second-order valence-electron chi connectivity index (χ2n) is 5.25. The smallest absolute Gasteiger partial charge is 0.335 e. The summed E-state index contributed by atoms with van der Waals surface area (Å²) >= 11 is 0. The van der Waals surface area contributed by atoms with Crippen molar-refractivity contribution in [2.24, 2.45) is 5.92 Å². The summed E-state index contributed by atoms with van der Waals surface area (Å²) in [5, 5.41) is 11.9. The Morgan fingerprint density at radius 1 is 1.25 bits per heavy atom. The summed E-state index contributed by atoms with van der Waals surface area (Å²) in [6.07, 6.45) is 7.46. The molecule has 0 radical (unpaired) electrons. The molecule has 0 bridgehead atoms. The molecular formula is C16H19NO3. The lowest BCUT2D eigenvalue weighted by molar-refractivity contribution is 0.0696. The average Bonchev–Trinajstić information content (AvgIpc) is 2.45. The molecule has 1 amide bonds. The van der Waals surface area contributed by atoms with Crippen LogP contribution in [-0.4, -0.2) is 23.5 Å². The van der Waals surface area contributed by atoms with Crippen LogP contribution < -0.4 is 5.32 Å². The van der Waals surface area contributed by atoms with Gasteiger partial charge >= 0.3 is 5.97 Å². The molecule has 4 nitrogen and oxygen atoms in total. The van der Waals surface area contributed by atoms with Crippen molar-refractivity contribution < 1.29 is 14.7 Å². The quantitative estimate of drug-likeness (QED) is 0.829. The number of carbonyl (C=O) groups is 2. The number of hydrogen-bond acceptors (Lipinski definition) is 2. The SMILES string of the molecule is Cc1cc(C(=O)O)cc(C(=O)NCC2CC=CCC2)c1. The Balaban J connectivity index is 2.01. The number of carboxylic acid groups (broad SMARTS) is 1. The van der Waals surface area contributed by atoms with E-state index >= 15 is 0 Å². The molecule has 1 aromatic carbocycles. The first-order chi connectivity index (χ1) is 9.56. The van der Waals surface area contributed by atoms with Gasteiger partial charge in [-0.25, -0.2) is 4.79 Å². The maximum atomic E-state index is 12.1. The lowest BCUT2D eigenvalue weighted by atomic mass is 9.94. The van der Waals surface area contributed by atoms with E-state index in [-0.39, 0.29) is 11.5 Å². The van der Waals surface area contributed by atoms with Crippen molar-refractivity contribution in [3.05, 3.63) is 47.0 Å². The molecule has 1 aliphatic carbocycles. The topological polar surface area (TPSA) is 66.4 Å². The van der Waals surface area contributed by atoms with Crippen molar-refractivity contribution in [3.8, 4) is 0 Å². The predicted molar refractivity (Wildman–Crippen MR) is 77.0 cm³/mol. The Labute approximate surface area is 118 Å². The number of rotatable bonds is 4. The lowest BCUT2D eigenvalue weighted by Crippen LogP contribution is -2.29. The monoisotopic (exact) mass is 273 g/mol. The van der Waals surface area contributed by atoms with Gasteiger partial charge in [0.25, 0.3) is 5.91 Å². The van der Waals surface area contributed by atoms with Gasteiger partial charge in [-0.3, -0.25) is 4.79 Å². The summed E-state index contributed by atoms with van der Waals surface area (Å²) in [6.45, 7) is 2.43. The van der Waals surface area contributed by atoms with Crippen LogP contribution in [0.4, 0.5) is 0 Å². The highest BCUT2D eigenvalue weighted by Gasteiger charge is 2.14. The number of benzene rings is 1. The van der Waals surface area contributed by atoms with Crippen LogP contribution in [-0.2, 0) is 0 Å². The fourth-order valence-corrected chi connectivity index (χ4v) is 2.42. The number of amides is 1. The molecule has 0 heterocycles. The molecule has 1 unspecified atom stereocenters. The van der Waals surface area contributed by atoms with Gasteiger partial charge in [-0.2, -0.15) is 0 Å². The van der Waals surface area contributed by atoms with Crippen molar-refractivity contribution in [2.45, 2.75) is 26.2 Å². The maximum Gasteiger partial charge on any atom is 0.335 e. The molecule has 0 saturated heterocycles. The van der Waals surface area contributed by atoms with Gasteiger partial charge in [0.15, 0.2) is 0 Å². The van der Waals surface area contributed by atoms with Crippen LogP contribution in [0.1, 0.15) is 45.5 Å². The first kappa shape index (κ1) is 14.3. The number of carboxylic acids is 1. The highest BCUT2D eigenvalue weighted by Crippen LogP contribution is 2.17. The van der Waals surface area contributed by atoms with Gasteiger partial charge in [-0.1, -0.05) is 12.2 Å².